The predicted octanol–water partition coefficient (Wildman–Crippen LogP) is 2.13. The Labute approximate surface area is 114 Å². The Balaban J connectivity index is 1.94. The number of benzene rings is 1. The fourth-order valence-electron chi connectivity index (χ4n) is 2.58. The third-order valence-electron chi connectivity index (χ3n) is 3.72. The lowest BCUT2D eigenvalue weighted by atomic mass is 10.1. The van der Waals surface area contributed by atoms with Gasteiger partial charge in [0.05, 0.1) is 18.8 Å². The molecule has 19 heavy (non-hydrogen) atoms. The molecular formula is C15H21NO3. The van der Waals surface area contributed by atoms with Crippen molar-refractivity contribution in [2.24, 2.45) is 0 Å². The Hall–Kier alpha value is -1.39. The zero-order chi connectivity index (χ0) is 13.7. The molecule has 4 nitrogen and oxygen atoms in total. The molecule has 0 bridgehead atoms. The van der Waals surface area contributed by atoms with Gasteiger partial charge in [0.25, 0.3) is 0 Å². The van der Waals surface area contributed by atoms with E-state index in [2.05, 4.69) is 5.32 Å². The molecule has 1 aromatic carbocycles. The lowest BCUT2D eigenvalue weighted by Gasteiger charge is -2.14. The number of ether oxygens (including phenoxy) is 2. The van der Waals surface area contributed by atoms with Crippen LogP contribution in [0, 0.1) is 0 Å². The van der Waals surface area contributed by atoms with Crippen molar-refractivity contribution in [3.63, 3.8) is 0 Å². The maximum Gasteiger partial charge on any atom is 0.338 e. The normalized spacial score (nSPS) is 22.4. The van der Waals surface area contributed by atoms with Gasteiger partial charge in [0.1, 0.15) is 0 Å². The first kappa shape index (κ1) is 14.0. The summed E-state index contributed by atoms with van der Waals surface area (Å²) in [5.74, 6) is -0.279. The van der Waals surface area contributed by atoms with E-state index in [0.29, 0.717) is 24.3 Å². The molecule has 1 aromatic rings. The number of esters is 1. The summed E-state index contributed by atoms with van der Waals surface area (Å²) in [6.45, 7) is 0.687. The minimum Gasteiger partial charge on any atom is -0.465 e. The third kappa shape index (κ3) is 3.55. The molecule has 2 atom stereocenters. The molecule has 2 rings (SSSR count). The van der Waals surface area contributed by atoms with E-state index >= 15 is 0 Å². The summed E-state index contributed by atoms with van der Waals surface area (Å²) in [4.78, 5) is 11.7. The molecule has 0 saturated heterocycles. The monoisotopic (exact) mass is 263 g/mol. The van der Waals surface area contributed by atoms with Crippen LogP contribution >= 0.6 is 0 Å². The fourth-order valence-corrected chi connectivity index (χ4v) is 2.58. The molecule has 2 unspecified atom stereocenters. The van der Waals surface area contributed by atoms with Gasteiger partial charge in [-0.25, -0.2) is 4.79 Å². The SMILES string of the molecule is COC(=O)c1ccccc1CNC1CCC(OC)C1. The largest absolute Gasteiger partial charge is 0.465 e. The molecule has 0 spiro atoms. The average Bonchev–Trinajstić information content (AvgIpc) is 2.92. The second-order valence-corrected chi connectivity index (χ2v) is 4.90. The van der Waals surface area contributed by atoms with E-state index in [4.69, 9.17) is 9.47 Å². The van der Waals surface area contributed by atoms with Gasteiger partial charge in [0, 0.05) is 19.7 Å². The zero-order valence-corrected chi connectivity index (χ0v) is 11.5. The lowest BCUT2D eigenvalue weighted by Crippen LogP contribution is -2.27. The molecule has 1 N–H and O–H groups in total. The molecule has 0 aromatic heterocycles. The summed E-state index contributed by atoms with van der Waals surface area (Å²) in [5, 5.41) is 3.49. The molecule has 0 aliphatic heterocycles. The molecular weight excluding hydrogens is 242 g/mol. The summed E-state index contributed by atoms with van der Waals surface area (Å²) < 4.78 is 10.2. The molecule has 4 heteroatoms. The van der Waals surface area contributed by atoms with Crippen LogP contribution in [-0.4, -0.2) is 32.3 Å². The van der Waals surface area contributed by atoms with Crippen LogP contribution in [0.3, 0.4) is 0 Å². The Bertz CT molecular complexity index is 433. The first-order valence-corrected chi connectivity index (χ1v) is 6.67. The summed E-state index contributed by atoms with van der Waals surface area (Å²) in [7, 11) is 3.17. The predicted molar refractivity (Wildman–Crippen MR) is 73.1 cm³/mol. The summed E-state index contributed by atoms with van der Waals surface area (Å²) >= 11 is 0. The molecule has 1 aliphatic carbocycles. The first-order chi connectivity index (χ1) is 9.24. The summed E-state index contributed by atoms with van der Waals surface area (Å²) in [5.41, 5.74) is 1.62. The Morgan fingerprint density at radius 3 is 2.79 bits per heavy atom. The van der Waals surface area contributed by atoms with Gasteiger partial charge in [0.2, 0.25) is 0 Å². The van der Waals surface area contributed by atoms with Crippen molar-refractivity contribution in [2.45, 2.75) is 38.0 Å². The smallest absolute Gasteiger partial charge is 0.338 e. The van der Waals surface area contributed by atoms with Gasteiger partial charge in [0.15, 0.2) is 0 Å². The second kappa shape index (κ2) is 6.68. The van der Waals surface area contributed by atoms with Gasteiger partial charge in [-0.3, -0.25) is 0 Å². The first-order valence-electron chi connectivity index (χ1n) is 6.67. The van der Waals surface area contributed by atoms with Gasteiger partial charge in [-0.05, 0) is 30.9 Å². The van der Waals surface area contributed by atoms with Gasteiger partial charge in [-0.15, -0.1) is 0 Å². The van der Waals surface area contributed by atoms with Crippen LogP contribution in [0.25, 0.3) is 0 Å². The van der Waals surface area contributed by atoms with Crippen molar-refractivity contribution in [3.8, 4) is 0 Å². The van der Waals surface area contributed by atoms with E-state index < -0.39 is 0 Å². The number of hydrogen-bond acceptors (Lipinski definition) is 4. The van der Waals surface area contributed by atoms with Crippen LogP contribution in [0.4, 0.5) is 0 Å². The number of methoxy groups -OCH3 is 2. The Kier molecular flexibility index (Phi) is 4.93. The maximum atomic E-state index is 11.7. The number of rotatable bonds is 5. The van der Waals surface area contributed by atoms with Crippen LogP contribution in [0.15, 0.2) is 24.3 Å². The van der Waals surface area contributed by atoms with E-state index in [1.807, 2.05) is 18.2 Å². The summed E-state index contributed by atoms with van der Waals surface area (Å²) in [6.07, 6.45) is 3.64. The van der Waals surface area contributed by atoms with E-state index in [1.54, 1.807) is 13.2 Å². The van der Waals surface area contributed by atoms with Crippen LogP contribution in [0.5, 0.6) is 0 Å². The Morgan fingerprint density at radius 1 is 1.32 bits per heavy atom. The number of nitrogens with one attached hydrogen (secondary N) is 1. The van der Waals surface area contributed by atoms with E-state index in [9.17, 15) is 4.79 Å². The van der Waals surface area contributed by atoms with E-state index in [0.717, 1.165) is 24.8 Å². The lowest BCUT2D eigenvalue weighted by molar-refractivity contribution is 0.0599. The quantitative estimate of drug-likeness (QED) is 0.827. The van der Waals surface area contributed by atoms with Gasteiger partial charge in [-0.1, -0.05) is 18.2 Å². The zero-order valence-electron chi connectivity index (χ0n) is 11.5. The molecule has 104 valence electrons. The van der Waals surface area contributed by atoms with Crippen LogP contribution < -0.4 is 5.32 Å². The third-order valence-corrected chi connectivity index (χ3v) is 3.72. The minimum absolute atomic E-state index is 0.279. The van der Waals surface area contributed by atoms with E-state index in [1.165, 1.54) is 7.11 Å². The second-order valence-electron chi connectivity index (χ2n) is 4.90. The highest BCUT2D eigenvalue weighted by Crippen LogP contribution is 2.22. The maximum absolute atomic E-state index is 11.7. The van der Waals surface area contributed by atoms with Gasteiger partial charge >= 0.3 is 5.97 Å². The number of carbonyl (C=O) groups is 1. The Morgan fingerprint density at radius 2 is 2.11 bits per heavy atom. The molecule has 0 amide bonds. The van der Waals surface area contributed by atoms with Crippen LogP contribution in [0.1, 0.15) is 35.2 Å². The molecule has 1 fully saturated rings. The van der Waals surface area contributed by atoms with Crippen molar-refractivity contribution in [2.75, 3.05) is 14.2 Å². The minimum atomic E-state index is -0.279. The molecule has 1 saturated carbocycles. The van der Waals surface area contributed by atoms with Gasteiger partial charge in [-0.2, -0.15) is 0 Å². The highest BCUT2D eigenvalue weighted by Gasteiger charge is 2.24. The van der Waals surface area contributed by atoms with Crippen molar-refractivity contribution in [1.29, 1.82) is 0 Å². The average molecular weight is 263 g/mol. The fraction of sp³-hybridized carbons (Fsp3) is 0.533. The number of carbonyl (C=O) groups excluding carboxylic acids is 1. The molecule has 0 radical (unpaired) electrons. The van der Waals surface area contributed by atoms with Gasteiger partial charge < -0.3 is 14.8 Å². The van der Waals surface area contributed by atoms with Crippen molar-refractivity contribution in [3.05, 3.63) is 35.4 Å². The van der Waals surface area contributed by atoms with Crippen molar-refractivity contribution in [1.82, 2.24) is 5.32 Å². The van der Waals surface area contributed by atoms with Crippen LogP contribution in [0.2, 0.25) is 0 Å². The molecule has 0 heterocycles. The van der Waals surface area contributed by atoms with Crippen LogP contribution in [-0.2, 0) is 16.0 Å². The highest BCUT2D eigenvalue weighted by atomic mass is 16.5. The van der Waals surface area contributed by atoms with Crippen molar-refractivity contribution < 1.29 is 14.3 Å². The molecule has 1 aliphatic rings. The number of hydrogen-bond donors (Lipinski definition) is 1. The topological polar surface area (TPSA) is 47.6 Å². The highest BCUT2D eigenvalue weighted by molar-refractivity contribution is 5.90. The standard InChI is InChI=1S/C15H21NO3/c1-18-13-8-7-12(9-13)16-10-11-5-3-4-6-14(11)15(17)19-2/h3-6,12-13,16H,7-10H2,1-2H3. The van der Waals surface area contributed by atoms with E-state index in [-0.39, 0.29) is 5.97 Å². The van der Waals surface area contributed by atoms with Crippen molar-refractivity contribution >= 4 is 5.97 Å². The summed E-state index contributed by atoms with van der Waals surface area (Å²) in [6, 6.07) is 8.02.